The molecule has 2 fully saturated rings. The smallest absolute Gasteiger partial charge is 0.308 e. The first-order valence-corrected chi connectivity index (χ1v) is 9.16. The molecule has 1 aromatic carbocycles. The van der Waals surface area contributed by atoms with E-state index < -0.39 is 5.97 Å². The molecule has 3 heterocycles. The second-order valence-corrected chi connectivity index (χ2v) is 7.09. The van der Waals surface area contributed by atoms with Crippen LogP contribution in [0, 0.1) is 5.92 Å². The summed E-state index contributed by atoms with van der Waals surface area (Å²) in [6, 6.07) is 8.05. The summed E-state index contributed by atoms with van der Waals surface area (Å²) in [5, 5.41) is 10.4. The van der Waals surface area contributed by atoms with E-state index >= 15 is 0 Å². The number of nitrogens with zero attached hydrogens (tertiary/aromatic N) is 4. The van der Waals surface area contributed by atoms with Gasteiger partial charge in [0.25, 0.3) is 0 Å². The molecule has 4 rings (SSSR count). The zero-order valence-corrected chi connectivity index (χ0v) is 14.4. The number of carbonyl (C=O) groups is 1. The minimum Gasteiger partial charge on any atom is -0.481 e. The summed E-state index contributed by atoms with van der Waals surface area (Å²) in [6.45, 7) is 4.37. The molecule has 2 aromatic rings. The summed E-state index contributed by atoms with van der Waals surface area (Å²) in [6.07, 6.45) is 4.12. The van der Waals surface area contributed by atoms with Gasteiger partial charge in [-0.1, -0.05) is 12.1 Å². The Balaban J connectivity index is 1.69. The van der Waals surface area contributed by atoms with E-state index in [4.69, 9.17) is 9.97 Å². The molecule has 2 aliphatic heterocycles. The molecular formula is C19H24N4O2. The van der Waals surface area contributed by atoms with Gasteiger partial charge in [0.1, 0.15) is 11.6 Å². The highest BCUT2D eigenvalue weighted by molar-refractivity contribution is 5.89. The number of aromatic nitrogens is 2. The maximum absolute atomic E-state index is 11.4. The van der Waals surface area contributed by atoms with Gasteiger partial charge in [0.15, 0.2) is 0 Å². The van der Waals surface area contributed by atoms with Gasteiger partial charge in [-0.15, -0.1) is 0 Å². The molecule has 132 valence electrons. The van der Waals surface area contributed by atoms with Crippen molar-refractivity contribution in [3.05, 3.63) is 30.1 Å². The molecule has 2 saturated heterocycles. The fourth-order valence-electron chi connectivity index (χ4n) is 3.93. The van der Waals surface area contributed by atoms with Crippen LogP contribution in [0.25, 0.3) is 10.9 Å². The summed E-state index contributed by atoms with van der Waals surface area (Å²) in [7, 11) is 0. The zero-order valence-electron chi connectivity index (χ0n) is 14.4. The largest absolute Gasteiger partial charge is 0.481 e. The van der Waals surface area contributed by atoms with E-state index in [-0.39, 0.29) is 5.92 Å². The van der Waals surface area contributed by atoms with E-state index in [0.717, 1.165) is 61.6 Å². The fourth-order valence-corrected chi connectivity index (χ4v) is 3.93. The Kier molecular flexibility index (Phi) is 4.53. The molecular weight excluding hydrogens is 316 g/mol. The van der Waals surface area contributed by atoms with Crippen LogP contribution >= 0.6 is 0 Å². The Morgan fingerprint density at radius 2 is 1.92 bits per heavy atom. The molecule has 1 atom stereocenters. The van der Waals surface area contributed by atoms with Crippen molar-refractivity contribution in [3.8, 4) is 0 Å². The van der Waals surface area contributed by atoms with Gasteiger partial charge in [-0.2, -0.15) is 0 Å². The number of likely N-dealkylation sites (tertiary alicyclic amines) is 1. The van der Waals surface area contributed by atoms with Gasteiger partial charge in [-0.25, -0.2) is 9.97 Å². The van der Waals surface area contributed by atoms with Crippen LogP contribution in [0.2, 0.25) is 0 Å². The van der Waals surface area contributed by atoms with E-state index in [2.05, 4.69) is 9.80 Å². The van der Waals surface area contributed by atoms with Crippen molar-refractivity contribution >= 4 is 22.7 Å². The molecule has 1 unspecified atom stereocenters. The number of carboxylic acid groups (broad SMARTS) is 1. The van der Waals surface area contributed by atoms with Gasteiger partial charge in [-0.3, -0.25) is 9.69 Å². The van der Waals surface area contributed by atoms with Gasteiger partial charge in [0.2, 0.25) is 0 Å². The number of carboxylic acids is 1. The highest BCUT2D eigenvalue weighted by Crippen LogP contribution is 2.28. The minimum atomic E-state index is -0.708. The molecule has 1 N–H and O–H groups in total. The van der Waals surface area contributed by atoms with E-state index in [1.165, 1.54) is 12.8 Å². The van der Waals surface area contributed by atoms with Crippen LogP contribution in [0.5, 0.6) is 0 Å². The molecule has 0 bridgehead atoms. The number of para-hydroxylation sites is 1. The van der Waals surface area contributed by atoms with Gasteiger partial charge in [0.05, 0.1) is 18.0 Å². The topological polar surface area (TPSA) is 69.6 Å². The molecule has 0 aliphatic carbocycles. The Bertz CT molecular complexity index is 773. The third-order valence-corrected chi connectivity index (χ3v) is 5.26. The van der Waals surface area contributed by atoms with Gasteiger partial charge >= 0.3 is 5.97 Å². The summed E-state index contributed by atoms with van der Waals surface area (Å²) >= 11 is 0. The van der Waals surface area contributed by atoms with E-state index in [9.17, 15) is 9.90 Å². The summed E-state index contributed by atoms with van der Waals surface area (Å²) in [5.74, 6) is 0.712. The second kappa shape index (κ2) is 6.96. The molecule has 0 spiro atoms. The molecule has 2 aliphatic rings. The van der Waals surface area contributed by atoms with E-state index in [1.807, 2.05) is 24.3 Å². The molecule has 0 radical (unpaired) electrons. The Morgan fingerprint density at radius 3 is 2.72 bits per heavy atom. The minimum absolute atomic E-state index is 0.315. The third kappa shape index (κ3) is 3.44. The quantitative estimate of drug-likeness (QED) is 0.922. The number of aliphatic carboxylic acids is 1. The number of benzene rings is 1. The van der Waals surface area contributed by atoms with Crippen molar-refractivity contribution in [2.45, 2.75) is 32.2 Å². The molecule has 6 nitrogen and oxygen atoms in total. The number of fused-ring (bicyclic) bond motifs is 1. The monoisotopic (exact) mass is 340 g/mol. The standard InChI is InChI=1S/C19H24N4O2/c24-19(25)14-6-5-11-23(12-14)18-15-7-1-2-8-16(15)20-17(21-18)13-22-9-3-4-10-22/h1-2,7-8,14H,3-6,9-13H2,(H,24,25). The van der Waals surface area contributed by atoms with Crippen LogP contribution in [0.1, 0.15) is 31.5 Å². The number of hydrogen-bond donors (Lipinski definition) is 1. The van der Waals surface area contributed by atoms with Crippen molar-refractivity contribution in [2.24, 2.45) is 5.92 Å². The van der Waals surface area contributed by atoms with Crippen LogP contribution in [-0.4, -0.2) is 52.1 Å². The highest BCUT2D eigenvalue weighted by atomic mass is 16.4. The van der Waals surface area contributed by atoms with Gasteiger partial charge in [-0.05, 0) is 50.9 Å². The highest BCUT2D eigenvalue weighted by Gasteiger charge is 2.27. The lowest BCUT2D eigenvalue weighted by atomic mass is 9.98. The summed E-state index contributed by atoms with van der Waals surface area (Å²) < 4.78 is 0. The Hall–Kier alpha value is -2.21. The lowest BCUT2D eigenvalue weighted by molar-refractivity contribution is -0.141. The molecule has 25 heavy (non-hydrogen) atoms. The molecule has 0 saturated carbocycles. The summed E-state index contributed by atoms with van der Waals surface area (Å²) in [4.78, 5) is 25.6. The van der Waals surface area contributed by atoms with Crippen LogP contribution in [0.15, 0.2) is 24.3 Å². The SMILES string of the molecule is O=C(O)C1CCCN(c2nc(CN3CCCC3)nc3ccccc23)C1. The maximum Gasteiger partial charge on any atom is 0.308 e. The molecule has 0 amide bonds. The lowest BCUT2D eigenvalue weighted by Gasteiger charge is -2.32. The van der Waals surface area contributed by atoms with Crippen molar-refractivity contribution in [2.75, 3.05) is 31.1 Å². The first-order valence-electron chi connectivity index (χ1n) is 9.16. The molecule has 6 heteroatoms. The average molecular weight is 340 g/mol. The van der Waals surface area contributed by atoms with Crippen LogP contribution in [0.3, 0.4) is 0 Å². The van der Waals surface area contributed by atoms with E-state index in [1.54, 1.807) is 0 Å². The number of rotatable bonds is 4. The number of piperidine rings is 1. The van der Waals surface area contributed by atoms with Crippen LogP contribution in [0.4, 0.5) is 5.82 Å². The van der Waals surface area contributed by atoms with Gasteiger partial charge < -0.3 is 10.0 Å². The van der Waals surface area contributed by atoms with Crippen LogP contribution in [-0.2, 0) is 11.3 Å². The number of anilines is 1. The molecule has 1 aromatic heterocycles. The predicted octanol–water partition coefficient (Wildman–Crippen LogP) is 2.53. The maximum atomic E-state index is 11.4. The Morgan fingerprint density at radius 1 is 1.12 bits per heavy atom. The van der Waals surface area contributed by atoms with Crippen molar-refractivity contribution in [1.29, 1.82) is 0 Å². The average Bonchev–Trinajstić information content (AvgIpc) is 3.14. The van der Waals surface area contributed by atoms with Crippen molar-refractivity contribution in [1.82, 2.24) is 14.9 Å². The Labute approximate surface area is 147 Å². The zero-order chi connectivity index (χ0) is 17.2. The summed E-state index contributed by atoms with van der Waals surface area (Å²) in [5.41, 5.74) is 0.944. The van der Waals surface area contributed by atoms with Crippen LogP contribution < -0.4 is 4.90 Å². The van der Waals surface area contributed by atoms with E-state index in [0.29, 0.717) is 6.54 Å². The second-order valence-electron chi connectivity index (χ2n) is 7.09. The lowest BCUT2D eigenvalue weighted by Crippen LogP contribution is -2.39. The first kappa shape index (κ1) is 16.3. The van der Waals surface area contributed by atoms with Crippen molar-refractivity contribution < 1.29 is 9.90 Å². The normalized spacial score (nSPS) is 21.8. The van der Waals surface area contributed by atoms with Gasteiger partial charge in [0, 0.05) is 18.5 Å². The first-order chi connectivity index (χ1) is 12.2. The third-order valence-electron chi connectivity index (χ3n) is 5.26. The van der Waals surface area contributed by atoms with Crippen molar-refractivity contribution in [3.63, 3.8) is 0 Å². The fraction of sp³-hybridized carbons (Fsp3) is 0.526. The predicted molar refractivity (Wildman–Crippen MR) is 96.6 cm³/mol. The number of hydrogen-bond acceptors (Lipinski definition) is 5.